The van der Waals surface area contributed by atoms with E-state index in [0.29, 0.717) is 18.4 Å². The number of aromatic amines is 1. The lowest BCUT2D eigenvalue weighted by molar-refractivity contribution is 0.328. The van der Waals surface area contributed by atoms with Crippen LogP contribution in [-0.4, -0.2) is 48.4 Å². The van der Waals surface area contributed by atoms with Gasteiger partial charge in [0.1, 0.15) is 0 Å². The van der Waals surface area contributed by atoms with E-state index in [4.69, 9.17) is 0 Å². The molecular weight excluding hydrogens is 252 g/mol. The van der Waals surface area contributed by atoms with Crippen molar-refractivity contribution in [2.24, 2.45) is 11.8 Å². The molecule has 18 heavy (non-hydrogen) atoms. The van der Waals surface area contributed by atoms with Crippen molar-refractivity contribution in [1.82, 2.24) is 19.6 Å². The second-order valence-corrected chi connectivity index (χ2v) is 6.91. The molecule has 2 saturated heterocycles. The minimum Gasteiger partial charge on any atom is -0.335 e. The molecule has 1 aromatic heterocycles. The Morgan fingerprint density at radius 1 is 1.50 bits per heavy atom. The molecule has 2 fully saturated rings. The zero-order valence-corrected chi connectivity index (χ0v) is 11.2. The average molecular weight is 270 g/mol. The number of hydrogen-bond acceptors (Lipinski definition) is 4. The molecule has 7 heteroatoms. The Kier molecular flexibility index (Phi) is 2.91. The summed E-state index contributed by atoms with van der Waals surface area (Å²) in [5.41, 5.74) is 0. The molecule has 0 radical (unpaired) electrons. The monoisotopic (exact) mass is 270 g/mol. The van der Waals surface area contributed by atoms with Crippen molar-refractivity contribution in [2.45, 2.75) is 24.4 Å². The number of nitrogens with zero attached hydrogens (tertiary/aromatic N) is 2. The summed E-state index contributed by atoms with van der Waals surface area (Å²) in [5.74, 6) is 0.903. The highest BCUT2D eigenvalue weighted by atomic mass is 32.2. The number of aromatic nitrogens is 2. The van der Waals surface area contributed by atoms with Gasteiger partial charge in [0.15, 0.2) is 5.03 Å². The maximum absolute atomic E-state index is 12.5. The Bertz CT molecular complexity index is 513. The molecule has 3 rings (SSSR count). The fourth-order valence-electron chi connectivity index (χ4n) is 3.28. The molecule has 1 aromatic rings. The summed E-state index contributed by atoms with van der Waals surface area (Å²) in [6.45, 7) is 4.53. The van der Waals surface area contributed by atoms with Gasteiger partial charge in [0, 0.05) is 12.6 Å². The highest BCUT2D eigenvalue weighted by molar-refractivity contribution is 7.89. The second-order valence-electron chi connectivity index (χ2n) is 5.05. The Balaban J connectivity index is 1.93. The third kappa shape index (κ3) is 1.69. The van der Waals surface area contributed by atoms with Crippen molar-refractivity contribution in [3.63, 3.8) is 0 Å². The van der Waals surface area contributed by atoms with Gasteiger partial charge in [-0.3, -0.25) is 0 Å². The van der Waals surface area contributed by atoms with Crippen molar-refractivity contribution in [2.75, 3.05) is 19.6 Å². The van der Waals surface area contributed by atoms with E-state index in [2.05, 4.69) is 22.2 Å². The van der Waals surface area contributed by atoms with Crippen LogP contribution in [-0.2, 0) is 10.0 Å². The zero-order valence-electron chi connectivity index (χ0n) is 10.3. The molecule has 0 saturated carbocycles. The SMILES string of the molecule is CCC1C2CNCC2CN1S(=O)(=O)c1cnc[nH]1. The van der Waals surface area contributed by atoms with E-state index < -0.39 is 10.0 Å². The van der Waals surface area contributed by atoms with Crippen LogP contribution in [0.25, 0.3) is 0 Å². The highest BCUT2D eigenvalue weighted by Crippen LogP contribution is 2.37. The largest absolute Gasteiger partial charge is 0.335 e. The first-order valence-corrected chi connectivity index (χ1v) is 7.79. The van der Waals surface area contributed by atoms with Crippen molar-refractivity contribution < 1.29 is 8.42 Å². The number of H-pyrrole nitrogens is 1. The molecule has 0 aromatic carbocycles. The molecule has 0 aliphatic carbocycles. The quantitative estimate of drug-likeness (QED) is 0.812. The maximum Gasteiger partial charge on any atom is 0.260 e. The number of nitrogens with one attached hydrogen (secondary N) is 2. The van der Waals surface area contributed by atoms with Crippen molar-refractivity contribution in [3.8, 4) is 0 Å². The van der Waals surface area contributed by atoms with Crippen LogP contribution in [0.5, 0.6) is 0 Å². The first-order valence-electron chi connectivity index (χ1n) is 6.35. The van der Waals surface area contributed by atoms with E-state index in [0.717, 1.165) is 19.5 Å². The maximum atomic E-state index is 12.5. The van der Waals surface area contributed by atoms with Crippen LogP contribution >= 0.6 is 0 Å². The van der Waals surface area contributed by atoms with Crippen LogP contribution in [0.3, 0.4) is 0 Å². The highest BCUT2D eigenvalue weighted by Gasteiger charge is 2.48. The fourth-order valence-corrected chi connectivity index (χ4v) is 4.97. The van der Waals surface area contributed by atoms with Crippen molar-refractivity contribution >= 4 is 10.0 Å². The number of hydrogen-bond donors (Lipinski definition) is 2. The van der Waals surface area contributed by atoms with Crippen LogP contribution in [0.15, 0.2) is 17.6 Å². The minimum atomic E-state index is -3.41. The number of rotatable bonds is 3. The van der Waals surface area contributed by atoms with Crippen LogP contribution in [0.2, 0.25) is 0 Å². The second kappa shape index (κ2) is 4.32. The summed E-state index contributed by atoms with van der Waals surface area (Å²) in [5, 5.41) is 3.56. The van der Waals surface area contributed by atoms with E-state index in [1.165, 1.54) is 12.5 Å². The molecule has 0 bridgehead atoms. The summed E-state index contributed by atoms with van der Waals surface area (Å²) in [6, 6.07) is 0.110. The number of imidazole rings is 1. The molecule has 2 aliphatic heterocycles. The molecule has 0 amide bonds. The number of sulfonamides is 1. The van der Waals surface area contributed by atoms with Crippen LogP contribution < -0.4 is 5.32 Å². The molecular formula is C11H18N4O2S. The minimum absolute atomic E-state index is 0.110. The van der Waals surface area contributed by atoms with E-state index in [-0.39, 0.29) is 11.1 Å². The molecule has 100 valence electrons. The van der Waals surface area contributed by atoms with E-state index in [1.54, 1.807) is 4.31 Å². The van der Waals surface area contributed by atoms with Crippen molar-refractivity contribution in [1.29, 1.82) is 0 Å². The smallest absolute Gasteiger partial charge is 0.260 e. The third-order valence-electron chi connectivity index (χ3n) is 4.15. The van der Waals surface area contributed by atoms with E-state index in [9.17, 15) is 8.42 Å². The van der Waals surface area contributed by atoms with Crippen LogP contribution in [0.1, 0.15) is 13.3 Å². The molecule has 2 aliphatic rings. The van der Waals surface area contributed by atoms with Gasteiger partial charge in [-0.1, -0.05) is 6.92 Å². The Hall–Kier alpha value is -0.920. The van der Waals surface area contributed by atoms with E-state index in [1.807, 2.05) is 0 Å². The van der Waals surface area contributed by atoms with E-state index >= 15 is 0 Å². The molecule has 2 N–H and O–H groups in total. The lowest BCUT2D eigenvalue weighted by Crippen LogP contribution is -2.39. The lowest BCUT2D eigenvalue weighted by Gasteiger charge is -2.25. The summed E-state index contributed by atoms with van der Waals surface area (Å²) in [6.07, 6.45) is 3.65. The Labute approximate surface area is 107 Å². The predicted octanol–water partition coefficient (Wildman–Crippen LogP) is 0.0282. The van der Waals surface area contributed by atoms with Gasteiger partial charge in [-0.2, -0.15) is 4.31 Å². The van der Waals surface area contributed by atoms with Gasteiger partial charge < -0.3 is 10.3 Å². The van der Waals surface area contributed by atoms with Gasteiger partial charge in [0.05, 0.1) is 12.5 Å². The Morgan fingerprint density at radius 2 is 2.33 bits per heavy atom. The molecule has 6 nitrogen and oxygen atoms in total. The predicted molar refractivity (Wildman–Crippen MR) is 66.4 cm³/mol. The van der Waals surface area contributed by atoms with Gasteiger partial charge in [-0.25, -0.2) is 13.4 Å². The summed E-state index contributed by atoms with van der Waals surface area (Å²) < 4.78 is 26.7. The lowest BCUT2D eigenvalue weighted by atomic mass is 9.93. The summed E-state index contributed by atoms with van der Waals surface area (Å²) in [4.78, 5) is 6.52. The fraction of sp³-hybridized carbons (Fsp3) is 0.727. The Morgan fingerprint density at radius 3 is 3.00 bits per heavy atom. The molecule has 0 spiro atoms. The van der Waals surface area contributed by atoms with Gasteiger partial charge in [-0.15, -0.1) is 0 Å². The first kappa shape index (κ1) is 12.1. The van der Waals surface area contributed by atoms with Gasteiger partial charge in [0.2, 0.25) is 0 Å². The van der Waals surface area contributed by atoms with Gasteiger partial charge in [0.25, 0.3) is 10.0 Å². The number of fused-ring (bicyclic) bond motifs is 1. The van der Waals surface area contributed by atoms with Crippen LogP contribution in [0.4, 0.5) is 0 Å². The normalized spacial score (nSPS) is 32.8. The van der Waals surface area contributed by atoms with Gasteiger partial charge in [-0.05, 0) is 31.3 Å². The molecule has 3 atom stereocenters. The van der Waals surface area contributed by atoms with Crippen LogP contribution in [0, 0.1) is 11.8 Å². The molecule has 3 heterocycles. The van der Waals surface area contributed by atoms with Gasteiger partial charge >= 0.3 is 0 Å². The average Bonchev–Trinajstić information content (AvgIpc) is 3.05. The first-order chi connectivity index (χ1) is 8.64. The third-order valence-corrected chi connectivity index (χ3v) is 5.97. The topological polar surface area (TPSA) is 78.1 Å². The zero-order chi connectivity index (χ0) is 12.8. The van der Waals surface area contributed by atoms with Crippen molar-refractivity contribution in [3.05, 3.63) is 12.5 Å². The summed E-state index contributed by atoms with van der Waals surface area (Å²) >= 11 is 0. The standard InChI is InChI=1S/C11H18N4O2S/c1-2-10-9-4-12-3-8(9)6-15(10)18(16,17)11-5-13-7-14-11/h5,7-10,12H,2-4,6H2,1H3,(H,13,14). The molecule has 3 unspecified atom stereocenters. The summed E-state index contributed by atoms with van der Waals surface area (Å²) in [7, 11) is -3.41.